The molecule has 2 rings (SSSR count). The van der Waals surface area contributed by atoms with Crippen LogP contribution in [0.2, 0.25) is 0 Å². The number of furan rings is 1. The van der Waals surface area contributed by atoms with Crippen molar-refractivity contribution in [1.29, 1.82) is 0 Å². The molecule has 1 atom stereocenters. The third kappa shape index (κ3) is 3.90. The number of halogens is 1. The van der Waals surface area contributed by atoms with Gasteiger partial charge in [-0.3, -0.25) is 0 Å². The maximum Gasteiger partial charge on any atom is 0.243 e. The lowest BCUT2D eigenvalue weighted by atomic mass is 10.2. The Labute approximate surface area is 122 Å². The molecule has 114 valence electrons. The summed E-state index contributed by atoms with van der Waals surface area (Å²) < 4.78 is 45.6. The van der Waals surface area contributed by atoms with Crippen molar-refractivity contribution in [1.82, 2.24) is 4.72 Å². The van der Waals surface area contributed by atoms with Crippen molar-refractivity contribution in [2.75, 3.05) is 0 Å². The lowest BCUT2D eigenvalue weighted by Crippen LogP contribution is -2.34. The van der Waals surface area contributed by atoms with Crippen molar-refractivity contribution in [3.63, 3.8) is 0 Å². The molecule has 0 radical (unpaired) electrons. The summed E-state index contributed by atoms with van der Waals surface area (Å²) in [5, 5.41) is 8.90. The van der Waals surface area contributed by atoms with E-state index < -0.39 is 26.8 Å². The third-order valence-corrected chi connectivity index (χ3v) is 4.53. The first-order valence-electron chi connectivity index (χ1n) is 6.36. The minimum atomic E-state index is -3.97. The Kier molecular flexibility index (Phi) is 4.76. The minimum Gasteiger partial charge on any atom is -0.469 e. The van der Waals surface area contributed by atoms with Crippen LogP contribution in [0.3, 0.4) is 0 Å². The predicted octanol–water partition coefficient (Wildman–Crippen LogP) is 1.82. The Morgan fingerprint density at radius 3 is 2.71 bits per heavy atom. The van der Waals surface area contributed by atoms with Crippen molar-refractivity contribution >= 4 is 10.0 Å². The number of benzene rings is 1. The fourth-order valence-corrected chi connectivity index (χ4v) is 3.26. The van der Waals surface area contributed by atoms with Crippen LogP contribution in [0.4, 0.5) is 4.39 Å². The molecule has 1 aromatic carbocycles. The molecule has 0 spiro atoms. The molecule has 0 saturated heterocycles. The zero-order valence-electron chi connectivity index (χ0n) is 11.4. The van der Waals surface area contributed by atoms with Crippen LogP contribution in [0.5, 0.6) is 0 Å². The van der Waals surface area contributed by atoms with Gasteiger partial charge in [-0.15, -0.1) is 0 Å². The molecule has 7 heteroatoms. The largest absolute Gasteiger partial charge is 0.469 e. The normalized spacial score (nSPS) is 13.3. The van der Waals surface area contributed by atoms with Crippen molar-refractivity contribution in [2.45, 2.75) is 30.9 Å². The van der Waals surface area contributed by atoms with Gasteiger partial charge in [-0.05, 0) is 36.8 Å². The molecule has 1 heterocycles. The average molecular weight is 313 g/mol. The zero-order chi connectivity index (χ0) is 15.5. The van der Waals surface area contributed by atoms with Gasteiger partial charge in [-0.2, -0.15) is 0 Å². The van der Waals surface area contributed by atoms with Crippen molar-refractivity contribution in [2.24, 2.45) is 0 Å². The van der Waals surface area contributed by atoms with E-state index in [4.69, 9.17) is 9.52 Å². The molecule has 2 N–H and O–H groups in total. The number of rotatable bonds is 6. The minimum absolute atomic E-state index is 0.315. The van der Waals surface area contributed by atoms with Gasteiger partial charge in [0.1, 0.15) is 16.5 Å². The van der Waals surface area contributed by atoms with Gasteiger partial charge in [-0.25, -0.2) is 17.5 Å². The van der Waals surface area contributed by atoms with Crippen LogP contribution in [-0.4, -0.2) is 19.6 Å². The number of sulfonamides is 1. The number of hydrogen-bond donors (Lipinski definition) is 2. The van der Waals surface area contributed by atoms with Crippen LogP contribution in [0.1, 0.15) is 18.2 Å². The van der Waals surface area contributed by atoms with Crippen LogP contribution >= 0.6 is 0 Å². The summed E-state index contributed by atoms with van der Waals surface area (Å²) in [7, 11) is -3.97. The van der Waals surface area contributed by atoms with E-state index in [2.05, 4.69) is 4.72 Å². The zero-order valence-corrected chi connectivity index (χ0v) is 12.2. The van der Waals surface area contributed by atoms with E-state index in [1.807, 2.05) is 0 Å². The topological polar surface area (TPSA) is 79.5 Å². The molecular formula is C14H16FNO4S. The SMILES string of the molecule is CC(Cc1ccco1)NS(=O)(=O)c1ccc(CO)cc1F. The van der Waals surface area contributed by atoms with Gasteiger partial charge in [0, 0.05) is 12.5 Å². The molecule has 5 nitrogen and oxygen atoms in total. The van der Waals surface area contributed by atoms with E-state index in [9.17, 15) is 12.8 Å². The van der Waals surface area contributed by atoms with Gasteiger partial charge < -0.3 is 9.52 Å². The molecule has 0 saturated carbocycles. The van der Waals surface area contributed by atoms with Crippen LogP contribution in [0.15, 0.2) is 45.9 Å². The summed E-state index contributed by atoms with van der Waals surface area (Å²) in [6.45, 7) is 1.32. The third-order valence-electron chi connectivity index (χ3n) is 2.91. The molecule has 1 aromatic heterocycles. The molecule has 0 amide bonds. The summed E-state index contributed by atoms with van der Waals surface area (Å²) in [6.07, 6.45) is 1.87. The van der Waals surface area contributed by atoms with Crippen LogP contribution in [0.25, 0.3) is 0 Å². The second-order valence-corrected chi connectivity index (χ2v) is 6.41. The molecule has 21 heavy (non-hydrogen) atoms. The highest BCUT2D eigenvalue weighted by Gasteiger charge is 2.22. The van der Waals surface area contributed by atoms with Crippen molar-refractivity contribution in [3.05, 3.63) is 53.7 Å². The molecule has 0 aliphatic carbocycles. The van der Waals surface area contributed by atoms with Crippen LogP contribution < -0.4 is 4.72 Å². The molecule has 1 unspecified atom stereocenters. The first kappa shape index (κ1) is 15.7. The smallest absolute Gasteiger partial charge is 0.243 e. The fraction of sp³-hybridized carbons (Fsp3) is 0.286. The lowest BCUT2D eigenvalue weighted by Gasteiger charge is -2.14. The first-order chi connectivity index (χ1) is 9.92. The molecule has 2 aromatic rings. The van der Waals surface area contributed by atoms with Gasteiger partial charge in [0.25, 0.3) is 0 Å². The Bertz CT molecular complexity index is 698. The van der Waals surface area contributed by atoms with Crippen LogP contribution in [0, 0.1) is 5.82 Å². The maximum absolute atomic E-state index is 13.8. The Hall–Kier alpha value is -1.70. The van der Waals surface area contributed by atoms with E-state index >= 15 is 0 Å². The lowest BCUT2D eigenvalue weighted by molar-refractivity contribution is 0.281. The van der Waals surface area contributed by atoms with Crippen molar-refractivity contribution in [3.8, 4) is 0 Å². The average Bonchev–Trinajstić information content (AvgIpc) is 2.90. The first-order valence-corrected chi connectivity index (χ1v) is 7.84. The van der Waals surface area contributed by atoms with Gasteiger partial charge in [-0.1, -0.05) is 6.07 Å². The summed E-state index contributed by atoms with van der Waals surface area (Å²) in [4.78, 5) is -0.439. The van der Waals surface area contributed by atoms with E-state index in [-0.39, 0.29) is 6.61 Å². The summed E-state index contributed by atoms with van der Waals surface area (Å²) in [5.41, 5.74) is 0.315. The van der Waals surface area contributed by atoms with Gasteiger partial charge >= 0.3 is 0 Å². The molecule has 0 aliphatic rings. The second-order valence-electron chi connectivity index (χ2n) is 4.73. The van der Waals surface area contributed by atoms with Gasteiger partial charge in [0.15, 0.2) is 0 Å². The number of aliphatic hydroxyl groups excluding tert-OH is 1. The summed E-state index contributed by atoms with van der Waals surface area (Å²) >= 11 is 0. The fourth-order valence-electron chi connectivity index (χ4n) is 1.96. The Balaban J connectivity index is 2.14. The van der Waals surface area contributed by atoms with Crippen molar-refractivity contribution < 1.29 is 22.3 Å². The van der Waals surface area contributed by atoms with Crippen LogP contribution in [-0.2, 0) is 23.1 Å². The van der Waals surface area contributed by atoms with E-state index in [0.717, 1.165) is 12.1 Å². The van der Waals surface area contributed by atoms with E-state index in [0.29, 0.717) is 17.7 Å². The maximum atomic E-state index is 13.8. The molecular weight excluding hydrogens is 297 g/mol. The standard InChI is InChI=1S/C14H16FNO4S/c1-10(7-12-3-2-6-20-12)16-21(18,19)14-5-4-11(9-17)8-13(14)15/h2-6,8,10,16-17H,7,9H2,1H3. The molecule has 0 bridgehead atoms. The molecule has 0 aliphatic heterocycles. The summed E-state index contributed by atoms with van der Waals surface area (Å²) in [6, 6.07) is 6.52. The van der Waals surface area contributed by atoms with E-state index in [1.165, 1.54) is 12.3 Å². The van der Waals surface area contributed by atoms with Gasteiger partial charge in [0.2, 0.25) is 10.0 Å². The Morgan fingerprint density at radius 1 is 1.38 bits per heavy atom. The predicted molar refractivity (Wildman–Crippen MR) is 74.5 cm³/mol. The number of hydrogen-bond acceptors (Lipinski definition) is 4. The van der Waals surface area contributed by atoms with Gasteiger partial charge in [0.05, 0.1) is 12.9 Å². The Morgan fingerprint density at radius 2 is 2.14 bits per heavy atom. The highest BCUT2D eigenvalue weighted by molar-refractivity contribution is 7.89. The highest BCUT2D eigenvalue weighted by atomic mass is 32.2. The quantitative estimate of drug-likeness (QED) is 0.852. The number of nitrogens with one attached hydrogen (secondary N) is 1. The summed E-state index contributed by atoms with van der Waals surface area (Å²) in [5.74, 6) is -0.249. The van der Waals surface area contributed by atoms with E-state index in [1.54, 1.807) is 19.1 Å². The molecule has 0 fully saturated rings. The highest BCUT2D eigenvalue weighted by Crippen LogP contribution is 2.17. The monoisotopic (exact) mass is 313 g/mol. The second kappa shape index (κ2) is 6.38. The number of aliphatic hydroxyl groups is 1.